The smallest absolute Gasteiger partial charge is 0.337 e. The van der Waals surface area contributed by atoms with E-state index in [9.17, 15) is 19.7 Å². The Hall–Kier alpha value is -3.42. The average molecular weight is 343 g/mol. The number of nitrogens with one attached hydrogen (secondary N) is 2. The molecule has 0 unspecified atom stereocenters. The third-order valence-electron chi connectivity index (χ3n) is 3.46. The molecule has 0 fully saturated rings. The Kier molecular flexibility index (Phi) is 5.67. The van der Waals surface area contributed by atoms with Gasteiger partial charge in [0.15, 0.2) is 0 Å². The molecule has 0 bridgehead atoms. The number of esters is 1. The van der Waals surface area contributed by atoms with Gasteiger partial charge in [-0.25, -0.2) is 4.79 Å². The molecule has 0 aromatic heterocycles. The van der Waals surface area contributed by atoms with E-state index in [1.54, 1.807) is 37.3 Å². The fraction of sp³-hybridized carbons (Fsp3) is 0.176. The maximum atomic E-state index is 12.0. The van der Waals surface area contributed by atoms with Crippen molar-refractivity contribution in [2.24, 2.45) is 0 Å². The van der Waals surface area contributed by atoms with Gasteiger partial charge >= 0.3 is 5.97 Å². The predicted molar refractivity (Wildman–Crippen MR) is 92.7 cm³/mol. The van der Waals surface area contributed by atoms with Gasteiger partial charge in [-0.2, -0.15) is 0 Å². The van der Waals surface area contributed by atoms with Gasteiger partial charge in [0.05, 0.1) is 24.1 Å². The molecule has 1 amide bonds. The van der Waals surface area contributed by atoms with Crippen LogP contribution >= 0.6 is 0 Å². The van der Waals surface area contributed by atoms with Gasteiger partial charge in [-0.3, -0.25) is 14.9 Å². The number of aryl methyl sites for hydroxylation is 1. The number of methoxy groups -OCH3 is 1. The minimum absolute atomic E-state index is 0.0492. The molecule has 130 valence electrons. The van der Waals surface area contributed by atoms with Crippen molar-refractivity contribution in [3.05, 3.63) is 63.7 Å². The Morgan fingerprint density at radius 1 is 1.16 bits per heavy atom. The minimum Gasteiger partial charge on any atom is -0.465 e. The number of hydrogen-bond donors (Lipinski definition) is 2. The highest BCUT2D eigenvalue weighted by atomic mass is 16.6. The van der Waals surface area contributed by atoms with E-state index in [0.717, 1.165) is 5.56 Å². The Balaban J connectivity index is 1.96. The van der Waals surface area contributed by atoms with Crippen molar-refractivity contribution in [1.82, 2.24) is 0 Å². The molecule has 0 radical (unpaired) electrons. The highest BCUT2D eigenvalue weighted by Crippen LogP contribution is 2.21. The minimum atomic E-state index is -0.493. The SMILES string of the molecule is COC(=O)c1ccc(NC(=O)CNc2cc([N+](=O)[O-])ccc2C)cc1. The Morgan fingerprint density at radius 3 is 2.44 bits per heavy atom. The zero-order valence-corrected chi connectivity index (χ0v) is 13.7. The lowest BCUT2D eigenvalue weighted by Crippen LogP contribution is -2.22. The summed E-state index contributed by atoms with van der Waals surface area (Å²) in [5.41, 5.74) is 2.17. The molecule has 0 spiro atoms. The van der Waals surface area contributed by atoms with E-state index in [2.05, 4.69) is 15.4 Å². The van der Waals surface area contributed by atoms with Crippen molar-refractivity contribution in [3.8, 4) is 0 Å². The van der Waals surface area contributed by atoms with E-state index in [1.165, 1.54) is 19.2 Å². The van der Waals surface area contributed by atoms with Gasteiger partial charge < -0.3 is 15.4 Å². The summed E-state index contributed by atoms with van der Waals surface area (Å²) in [6.07, 6.45) is 0. The van der Waals surface area contributed by atoms with E-state index in [0.29, 0.717) is 16.9 Å². The number of carbonyl (C=O) groups excluding carboxylic acids is 2. The lowest BCUT2D eigenvalue weighted by atomic mass is 10.2. The van der Waals surface area contributed by atoms with Gasteiger partial charge in [0.2, 0.25) is 5.91 Å². The first-order valence-electron chi connectivity index (χ1n) is 7.38. The second kappa shape index (κ2) is 7.91. The van der Waals surface area contributed by atoms with Gasteiger partial charge in [-0.05, 0) is 36.8 Å². The van der Waals surface area contributed by atoms with Crippen molar-refractivity contribution in [1.29, 1.82) is 0 Å². The summed E-state index contributed by atoms with van der Waals surface area (Å²) in [7, 11) is 1.29. The number of nitrogens with zero attached hydrogens (tertiary/aromatic N) is 1. The molecule has 0 atom stereocenters. The van der Waals surface area contributed by atoms with Gasteiger partial charge in [0, 0.05) is 23.5 Å². The van der Waals surface area contributed by atoms with Crippen molar-refractivity contribution < 1.29 is 19.2 Å². The molecule has 0 saturated carbocycles. The normalized spacial score (nSPS) is 10.0. The molecule has 0 aliphatic rings. The summed E-state index contributed by atoms with van der Waals surface area (Å²) >= 11 is 0. The van der Waals surface area contributed by atoms with Crippen LogP contribution in [0, 0.1) is 17.0 Å². The van der Waals surface area contributed by atoms with Crippen molar-refractivity contribution >= 4 is 28.9 Å². The Labute approximate surface area is 144 Å². The van der Waals surface area contributed by atoms with Crippen molar-refractivity contribution in [3.63, 3.8) is 0 Å². The van der Waals surface area contributed by atoms with Crippen molar-refractivity contribution in [2.75, 3.05) is 24.3 Å². The van der Waals surface area contributed by atoms with Crippen LogP contribution in [0.15, 0.2) is 42.5 Å². The quantitative estimate of drug-likeness (QED) is 0.474. The first kappa shape index (κ1) is 17.9. The second-order valence-electron chi connectivity index (χ2n) is 5.23. The lowest BCUT2D eigenvalue weighted by molar-refractivity contribution is -0.384. The molecule has 8 heteroatoms. The summed E-state index contributed by atoms with van der Waals surface area (Å²) in [4.78, 5) is 33.7. The monoisotopic (exact) mass is 343 g/mol. The largest absolute Gasteiger partial charge is 0.465 e. The number of ether oxygens (including phenoxy) is 1. The number of anilines is 2. The zero-order chi connectivity index (χ0) is 18.4. The summed E-state index contributed by atoms with van der Waals surface area (Å²) < 4.78 is 4.60. The van der Waals surface area contributed by atoms with E-state index < -0.39 is 10.9 Å². The van der Waals surface area contributed by atoms with Crippen LogP contribution in [-0.2, 0) is 9.53 Å². The molecule has 8 nitrogen and oxygen atoms in total. The standard InChI is InChI=1S/C17H17N3O5/c1-11-3-8-14(20(23)24)9-15(11)18-10-16(21)19-13-6-4-12(5-7-13)17(22)25-2/h3-9,18H,10H2,1-2H3,(H,19,21). The number of hydrogen-bond acceptors (Lipinski definition) is 6. The van der Waals surface area contributed by atoms with Crippen LogP contribution < -0.4 is 10.6 Å². The number of amides is 1. The second-order valence-corrected chi connectivity index (χ2v) is 5.23. The number of non-ortho nitro benzene ring substituents is 1. The molecule has 0 aliphatic heterocycles. The molecule has 0 aliphatic carbocycles. The molecule has 25 heavy (non-hydrogen) atoms. The molecule has 0 saturated heterocycles. The van der Waals surface area contributed by atoms with Crippen LogP contribution in [0.4, 0.5) is 17.1 Å². The number of nitro benzene ring substituents is 1. The van der Waals surface area contributed by atoms with Crippen LogP contribution in [-0.4, -0.2) is 30.5 Å². The highest BCUT2D eigenvalue weighted by Gasteiger charge is 2.10. The molecule has 0 heterocycles. The van der Waals surface area contributed by atoms with Crippen LogP contribution in [0.1, 0.15) is 15.9 Å². The third kappa shape index (κ3) is 4.77. The zero-order valence-electron chi connectivity index (χ0n) is 13.7. The first-order chi connectivity index (χ1) is 11.9. The van der Waals surface area contributed by atoms with E-state index >= 15 is 0 Å². The molecule has 2 N–H and O–H groups in total. The Bertz CT molecular complexity index is 802. The number of rotatable bonds is 6. The molecule has 2 aromatic rings. The predicted octanol–water partition coefficient (Wildman–Crippen LogP) is 2.74. The molecular formula is C17H17N3O5. The van der Waals surface area contributed by atoms with Crippen LogP contribution in [0.3, 0.4) is 0 Å². The van der Waals surface area contributed by atoms with E-state index in [4.69, 9.17) is 0 Å². The molecular weight excluding hydrogens is 326 g/mol. The average Bonchev–Trinajstić information content (AvgIpc) is 2.60. The lowest BCUT2D eigenvalue weighted by Gasteiger charge is -2.10. The van der Waals surface area contributed by atoms with Gasteiger partial charge in [-0.1, -0.05) is 6.07 Å². The molecule has 2 aromatic carbocycles. The number of nitro groups is 1. The van der Waals surface area contributed by atoms with E-state index in [1.807, 2.05) is 0 Å². The summed E-state index contributed by atoms with van der Waals surface area (Å²) in [6, 6.07) is 10.7. The Morgan fingerprint density at radius 2 is 1.84 bits per heavy atom. The first-order valence-corrected chi connectivity index (χ1v) is 7.38. The molecule has 2 rings (SSSR count). The van der Waals surface area contributed by atoms with Gasteiger partial charge in [0.1, 0.15) is 0 Å². The topological polar surface area (TPSA) is 111 Å². The van der Waals surface area contributed by atoms with Crippen LogP contribution in [0.25, 0.3) is 0 Å². The van der Waals surface area contributed by atoms with Crippen LogP contribution in [0.2, 0.25) is 0 Å². The maximum absolute atomic E-state index is 12.0. The fourth-order valence-corrected chi connectivity index (χ4v) is 2.10. The number of carbonyl (C=O) groups is 2. The van der Waals surface area contributed by atoms with Gasteiger partial charge in [0.25, 0.3) is 5.69 Å². The summed E-state index contributed by atoms with van der Waals surface area (Å²) in [5, 5.41) is 16.3. The third-order valence-corrected chi connectivity index (χ3v) is 3.46. The maximum Gasteiger partial charge on any atom is 0.337 e. The fourth-order valence-electron chi connectivity index (χ4n) is 2.10. The van der Waals surface area contributed by atoms with Gasteiger partial charge in [-0.15, -0.1) is 0 Å². The summed E-state index contributed by atoms with van der Waals surface area (Å²) in [5.74, 6) is -0.780. The number of benzene rings is 2. The summed E-state index contributed by atoms with van der Waals surface area (Å²) in [6.45, 7) is 1.73. The van der Waals surface area contributed by atoms with Crippen molar-refractivity contribution in [2.45, 2.75) is 6.92 Å². The van der Waals surface area contributed by atoms with Crippen LogP contribution in [0.5, 0.6) is 0 Å². The van der Waals surface area contributed by atoms with E-state index in [-0.39, 0.29) is 18.1 Å². The highest BCUT2D eigenvalue weighted by molar-refractivity contribution is 5.95.